The van der Waals surface area contributed by atoms with E-state index in [1.807, 2.05) is 0 Å². The Morgan fingerprint density at radius 2 is 1.81 bits per heavy atom. The fourth-order valence-corrected chi connectivity index (χ4v) is 4.26. The number of benzene rings is 1. The van der Waals surface area contributed by atoms with Crippen LogP contribution in [-0.2, 0) is 0 Å². The van der Waals surface area contributed by atoms with Crippen molar-refractivity contribution in [3.8, 4) is 0 Å². The number of carbonyl (C=O) groups excluding carboxylic acids is 1. The number of rotatable bonds is 6. The lowest BCUT2D eigenvalue weighted by atomic mass is 9.95. The summed E-state index contributed by atoms with van der Waals surface area (Å²) in [6.07, 6.45) is 6.75. The standard InChI is InChI=1S/C20H28N4O3/c25-20(21-17-4-5-17)16-3-6-18(19(13-16)24(26)27)23-11-7-15(8-12-23)14-22-9-1-2-10-22/h3,6,13,15,17H,1-2,4-5,7-12,14H2,(H,21,25). The van der Waals surface area contributed by atoms with Crippen LogP contribution in [-0.4, -0.2) is 54.5 Å². The number of likely N-dealkylation sites (tertiary alicyclic amines) is 1. The molecule has 7 heteroatoms. The number of hydrogen-bond acceptors (Lipinski definition) is 5. The van der Waals surface area contributed by atoms with Gasteiger partial charge in [0, 0.05) is 37.3 Å². The van der Waals surface area contributed by atoms with Gasteiger partial charge in [-0.05, 0) is 69.7 Å². The Labute approximate surface area is 159 Å². The topological polar surface area (TPSA) is 78.7 Å². The molecular weight excluding hydrogens is 344 g/mol. The number of nitro benzene ring substituents is 1. The molecule has 0 atom stereocenters. The van der Waals surface area contributed by atoms with Gasteiger partial charge in [0.05, 0.1) is 4.92 Å². The van der Waals surface area contributed by atoms with Crippen LogP contribution in [0.2, 0.25) is 0 Å². The van der Waals surface area contributed by atoms with Crippen molar-refractivity contribution in [1.29, 1.82) is 0 Å². The first-order valence-corrected chi connectivity index (χ1v) is 10.2. The number of carbonyl (C=O) groups is 1. The predicted octanol–water partition coefficient (Wildman–Crippen LogP) is 2.80. The summed E-state index contributed by atoms with van der Waals surface area (Å²) in [5.74, 6) is 0.471. The van der Waals surface area contributed by atoms with Crippen molar-refractivity contribution >= 4 is 17.3 Å². The van der Waals surface area contributed by atoms with Crippen molar-refractivity contribution in [2.45, 2.75) is 44.6 Å². The summed E-state index contributed by atoms with van der Waals surface area (Å²) in [4.78, 5) is 28.1. The monoisotopic (exact) mass is 372 g/mol. The first kappa shape index (κ1) is 18.2. The summed E-state index contributed by atoms with van der Waals surface area (Å²) in [5.41, 5.74) is 1.06. The van der Waals surface area contributed by atoms with Gasteiger partial charge in [-0.15, -0.1) is 0 Å². The largest absolute Gasteiger partial charge is 0.366 e. The zero-order chi connectivity index (χ0) is 18.8. The Balaban J connectivity index is 1.41. The van der Waals surface area contributed by atoms with E-state index in [9.17, 15) is 14.9 Å². The predicted molar refractivity (Wildman–Crippen MR) is 104 cm³/mol. The first-order valence-electron chi connectivity index (χ1n) is 10.2. The molecule has 3 fully saturated rings. The quantitative estimate of drug-likeness (QED) is 0.614. The van der Waals surface area contributed by atoms with E-state index >= 15 is 0 Å². The average Bonchev–Trinajstić information content (AvgIpc) is 3.34. The summed E-state index contributed by atoms with van der Waals surface area (Å²) >= 11 is 0. The molecule has 1 saturated carbocycles. The van der Waals surface area contributed by atoms with E-state index < -0.39 is 0 Å². The summed E-state index contributed by atoms with van der Waals surface area (Å²) in [5, 5.41) is 14.5. The zero-order valence-electron chi connectivity index (χ0n) is 15.7. The van der Waals surface area contributed by atoms with Gasteiger partial charge >= 0.3 is 0 Å². The van der Waals surface area contributed by atoms with Crippen molar-refractivity contribution in [2.24, 2.45) is 5.92 Å². The maximum Gasteiger partial charge on any atom is 0.293 e. The molecule has 0 bridgehead atoms. The van der Waals surface area contributed by atoms with Crippen molar-refractivity contribution < 1.29 is 9.72 Å². The Morgan fingerprint density at radius 3 is 2.44 bits per heavy atom. The number of hydrogen-bond donors (Lipinski definition) is 1. The number of nitrogens with one attached hydrogen (secondary N) is 1. The highest BCUT2D eigenvalue weighted by Crippen LogP contribution is 2.33. The van der Waals surface area contributed by atoms with Gasteiger partial charge in [0.1, 0.15) is 5.69 Å². The SMILES string of the molecule is O=C(NC1CC1)c1ccc(N2CCC(CN3CCCC3)CC2)c([N+](=O)[O-])c1. The Hall–Kier alpha value is -2.15. The molecule has 1 aromatic rings. The summed E-state index contributed by atoms with van der Waals surface area (Å²) in [7, 11) is 0. The smallest absolute Gasteiger partial charge is 0.293 e. The van der Waals surface area contributed by atoms with Crippen LogP contribution in [0.1, 0.15) is 48.9 Å². The molecule has 2 saturated heterocycles. The van der Waals surface area contributed by atoms with Crippen LogP contribution >= 0.6 is 0 Å². The minimum atomic E-state index is -0.362. The van der Waals surface area contributed by atoms with Crippen LogP contribution in [0.25, 0.3) is 0 Å². The number of amides is 1. The van der Waals surface area contributed by atoms with Crippen LogP contribution in [0.4, 0.5) is 11.4 Å². The average molecular weight is 372 g/mol. The van der Waals surface area contributed by atoms with Crippen LogP contribution in [0.3, 0.4) is 0 Å². The Morgan fingerprint density at radius 1 is 1.11 bits per heavy atom. The van der Waals surface area contributed by atoms with Gasteiger partial charge in [-0.2, -0.15) is 0 Å². The van der Waals surface area contributed by atoms with E-state index in [0.717, 1.165) is 45.3 Å². The molecule has 2 heterocycles. The van der Waals surface area contributed by atoms with E-state index in [-0.39, 0.29) is 22.6 Å². The second-order valence-corrected chi connectivity index (χ2v) is 8.15. The number of piperidine rings is 1. The third-order valence-corrected chi connectivity index (χ3v) is 6.02. The highest BCUT2D eigenvalue weighted by Gasteiger charge is 2.28. The number of nitrogens with zero attached hydrogens (tertiary/aromatic N) is 3. The van der Waals surface area contributed by atoms with Crippen LogP contribution < -0.4 is 10.2 Å². The van der Waals surface area contributed by atoms with Gasteiger partial charge in [0.2, 0.25) is 0 Å². The van der Waals surface area contributed by atoms with Crippen LogP contribution in [0.15, 0.2) is 18.2 Å². The molecule has 1 aromatic carbocycles. The lowest BCUT2D eigenvalue weighted by Gasteiger charge is -2.35. The number of anilines is 1. The van der Waals surface area contributed by atoms with Crippen molar-refractivity contribution in [3.63, 3.8) is 0 Å². The number of nitro groups is 1. The lowest BCUT2D eigenvalue weighted by molar-refractivity contribution is -0.384. The second-order valence-electron chi connectivity index (χ2n) is 8.15. The fourth-order valence-electron chi connectivity index (χ4n) is 4.26. The molecule has 2 aliphatic heterocycles. The summed E-state index contributed by atoms with van der Waals surface area (Å²) < 4.78 is 0. The van der Waals surface area contributed by atoms with Crippen LogP contribution in [0.5, 0.6) is 0 Å². The van der Waals surface area contributed by atoms with E-state index in [2.05, 4.69) is 15.1 Å². The molecular formula is C20H28N4O3. The van der Waals surface area contributed by atoms with Gasteiger partial charge in [0.25, 0.3) is 11.6 Å². The van der Waals surface area contributed by atoms with Gasteiger partial charge < -0.3 is 15.1 Å². The molecule has 1 amide bonds. The highest BCUT2D eigenvalue weighted by atomic mass is 16.6. The van der Waals surface area contributed by atoms with Crippen molar-refractivity contribution in [3.05, 3.63) is 33.9 Å². The van der Waals surface area contributed by atoms with E-state index in [4.69, 9.17) is 0 Å². The Kier molecular flexibility index (Phi) is 5.29. The molecule has 4 rings (SSSR count). The summed E-state index contributed by atoms with van der Waals surface area (Å²) in [6.45, 7) is 5.28. The molecule has 0 unspecified atom stereocenters. The first-order chi connectivity index (χ1) is 13.1. The molecule has 0 radical (unpaired) electrons. The molecule has 146 valence electrons. The van der Waals surface area contributed by atoms with Gasteiger partial charge in [0.15, 0.2) is 0 Å². The highest BCUT2D eigenvalue weighted by molar-refractivity contribution is 5.96. The van der Waals surface area contributed by atoms with E-state index in [0.29, 0.717) is 17.2 Å². The molecule has 27 heavy (non-hydrogen) atoms. The third-order valence-electron chi connectivity index (χ3n) is 6.02. The molecule has 1 N–H and O–H groups in total. The van der Waals surface area contributed by atoms with E-state index in [1.54, 1.807) is 12.1 Å². The molecule has 7 nitrogen and oxygen atoms in total. The van der Waals surface area contributed by atoms with Gasteiger partial charge in [-0.3, -0.25) is 14.9 Å². The normalized spacial score (nSPS) is 21.4. The zero-order valence-corrected chi connectivity index (χ0v) is 15.7. The third kappa shape index (κ3) is 4.40. The van der Waals surface area contributed by atoms with Gasteiger partial charge in [-0.25, -0.2) is 0 Å². The summed E-state index contributed by atoms with van der Waals surface area (Å²) in [6, 6.07) is 5.14. The molecule has 3 aliphatic rings. The lowest BCUT2D eigenvalue weighted by Crippen LogP contribution is -2.38. The minimum Gasteiger partial charge on any atom is -0.366 e. The maximum absolute atomic E-state index is 12.2. The van der Waals surface area contributed by atoms with Gasteiger partial charge in [-0.1, -0.05) is 0 Å². The molecule has 1 aliphatic carbocycles. The fraction of sp³-hybridized carbons (Fsp3) is 0.650. The molecule has 0 spiro atoms. The van der Waals surface area contributed by atoms with Crippen LogP contribution in [0, 0.1) is 16.0 Å². The minimum absolute atomic E-state index is 0.0384. The second kappa shape index (κ2) is 7.84. The Bertz CT molecular complexity index is 705. The van der Waals surface area contributed by atoms with Crippen molar-refractivity contribution in [2.75, 3.05) is 37.6 Å². The van der Waals surface area contributed by atoms with Crippen molar-refractivity contribution in [1.82, 2.24) is 10.2 Å². The maximum atomic E-state index is 12.2. The van der Waals surface area contributed by atoms with E-state index in [1.165, 1.54) is 32.0 Å². The molecule has 0 aromatic heterocycles.